The normalized spacial score (nSPS) is 15.6. The van der Waals surface area contributed by atoms with E-state index in [1.807, 2.05) is 0 Å². The fourth-order valence-corrected chi connectivity index (χ4v) is 1.62. The number of amides is 1. The smallest absolute Gasteiger partial charge is 0.256 e. The van der Waals surface area contributed by atoms with Crippen LogP contribution in [-0.2, 0) is 15.2 Å². The monoisotopic (exact) mass is 249 g/mol. The predicted octanol–water partition coefficient (Wildman–Crippen LogP) is 1.38. The molecule has 0 spiro atoms. The fourth-order valence-electron chi connectivity index (χ4n) is 1.62. The third kappa shape index (κ3) is 3.17. The number of hydrogen-bond acceptors (Lipinski definition) is 3. The van der Waals surface area contributed by atoms with E-state index in [0.717, 1.165) is 0 Å². The van der Waals surface area contributed by atoms with Crippen LogP contribution < -0.4 is 5.32 Å². The molecule has 1 aromatic carbocycles. The molecule has 0 bridgehead atoms. The number of aliphatic hydroxyl groups is 1. The summed E-state index contributed by atoms with van der Waals surface area (Å²) in [5.41, 5.74) is -1.14. The molecule has 0 saturated heterocycles. The second-order valence-electron chi connectivity index (χ2n) is 4.45. The van der Waals surface area contributed by atoms with Crippen molar-refractivity contribution in [2.45, 2.75) is 38.8 Å². The van der Waals surface area contributed by atoms with Crippen LogP contribution in [0.3, 0.4) is 0 Å². The van der Waals surface area contributed by atoms with Gasteiger partial charge in [0.2, 0.25) is 0 Å². The van der Waals surface area contributed by atoms with Crippen molar-refractivity contribution in [2.75, 3.05) is 0 Å². The summed E-state index contributed by atoms with van der Waals surface area (Å²) in [6, 6.07) is 8.06. The molecule has 0 aliphatic heterocycles. The van der Waals surface area contributed by atoms with Crippen molar-refractivity contribution in [3.05, 3.63) is 35.9 Å². The Morgan fingerprint density at radius 2 is 1.89 bits per heavy atom. The van der Waals surface area contributed by atoms with Gasteiger partial charge in [-0.15, -0.1) is 0 Å². The second kappa shape index (κ2) is 5.78. The van der Waals surface area contributed by atoms with Gasteiger partial charge in [-0.3, -0.25) is 9.59 Å². The van der Waals surface area contributed by atoms with Crippen LogP contribution in [0.1, 0.15) is 32.8 Å². The molecule has 1 amide bonds. The summed E-state index contributed by atoms with van der Waals surface area (Å²) in [6.07, 6.45) is 0.356. The highest BCUT2D eigenvalue weighted by Gasteiger charge is 2.33. The summed E-state index contributed by atoms with van der Waals surface area (Å²) >= 11 is 0. The largest absolute Gasteiger partial charge is 0.376 e. The van der Waals surface area contributed by atoms with Crippen LogP contribution in [0.5, 0.6) is 0 Å². The van der Waals surface area contributed by atoms with Gasteiger partial charge in [-0.1, -0.05) is 37.3 Å². The fraction of sp³-hybridized carbons (Fsp3) is 0.429. The summed E-state index contributed by atoms with van der Waals surface area (Å²) in [7, 11) is 0. The van der Waals surface area contributed by atoms with Crippen molar-refractivity contribution >= 4 is 11.7 Å². The molecule has 98 valence electrons. The van der Waals surface area contributed by atoms with E-state index < -0.39 is 17.6 Å². The quantitative estimate of drug-likeness (QED) is 0.828. The Morgan fingerprint density at radius 3 is 2.39 bits per heavy atom. The molecule has 0 aliphatic carbocycles. The van der Waals surface area contributed by atoms with Crippen molar-refractivity contribution in [1.29, 1.82) is 0 Å². The van der Waals surface area contributed by atoms with Crippen molar-refractivity contribution < 1.29 is 14.7 Å². The molecular weight excluding hydrogens is 230 g/mol. The van der Waals surface area contributed by atoms with Crippen LogP contribution in [0.2, 0.25) is 0 Å². The van der Waals surface area contributed by atoms with E-state index in [9.17, 15) is 14.7 Å². The van der Waals surface area contributed by atoms with Crippen LogP contribution >= 0.6 is 0 Å². The lowest BCUT2D eigenvalue weighted by Crippen LogP contribution is -2.48. The first-order valence-electron chi connectivity index (χ1n) is 6.01. The highest BCUT2D eigenvalue weighted by atomic mass is 16.3. The van der Waals surface area contributed by atoms with Gasteiger partial charge in [0.05, 0.1) is 6.04 Å². The van der Waals surface area contributed by atoms with E-state index in [2.05, 4.69) is 5.32 Å². The third-order valence-electron chi connectivity index (χ3n) is 2.96. The summed E-state index contributed by atoms with van der Waals surface area (Å²) in [5.74, 6) is -0.629. The Hall–Kier alpha value is -1.68. The van der Waals surface area contributed by atoms with E-state index in [4.69, 9.17) is 0 Å². The van der Waals surface area contributed by atoms with Gasteiger partial charge in [0.25, 0.3) is 5.91 Å². The number of benzene rings is 1. The lowest BCUT2D eigenvalue weighted by atomic mass is 9.94. The van der Waals surface area contributed by atoms with Crippen molar-refractivity contribution in [3.63, 3.8) is 0 Å². The molecule has 0 heterocycles. The standard InChI is InChI=1S/C14H19NO3/c1-4-12(16)10(2)15-13(17)14(3,18)11-8-6-5-7-9-11/h5-10,18H,4H2,1-3H3,(H,15,17)/t10-,14-/m0/s1. The zero-order chi connectivity index (χ0) is 13.8. The Morgan fingerprint density at radius 1 is 1.33 bits per heavy atom. The molecule has 18 heavy (non-hydrogen) atoms. The van der Waals surface area contributed by atoms with Gasteiger partial charge < -0.3 is 10.4 Å². The molecule has 1 rings (SSSR count). The lowest BCUT2D eigenvalue weighted by molar-refractivity contribution is -0.141. The first kappa shape index (κ1) is 14.4. The molecule has 0 radical (unpaired) electrons. The predicted molar refractivity (Wildman–Crippen MR) is 68.9 cm³/mol. The second-order valence-corrected chi connectivity index (χ2v) is 4.45. The van der Waals surface area contributed by atoms with Crippen molar-refractivity contribution in [1.82, 2.24) is 5.32 Å². The topological polar surface area (TPSA) is 66.4 Å². The van der Waals surface area contributed by atoms with Gasteiger partial charge in [-0.25, -0.2) is 0 Å². The highest BCUT2D eigenvalue weighted by molar-refractivity contribution is 5.92. The Bertz CT molecular complexity index is 426. The molecule has 0 aromatic heterocycles. The van der Waals surface area contributed by atoms with E-state index in [-0.39, 0.29) is 5.78 Å². The van der Waals surface area contributed by atoms with Gasteiger partial charge in [-0.05, 0) is 19.4 Å². The first-order chi connectivity index (χ1) is 8.39. The number of carbonyl (C=O) groups excluding carboxylic acids is 2. The van der Waals surface area contributed by atoms with Gasteiger partial charge in [-0.2, -0.15) is 0 Å². The van der Waals surface area contributed by atoms with Crippen LogP contribution in [0.25, 0.3) is 0 Å². The van der Waals surface area contributed by atoms with Crippen LogP contribution in [-0.4, -0.2) is 22.8 Å². The molecule has 4 heteroatoms. The average molecular weight is 249 g/mol. The van der Waals surface area contributed by atoms with E-state index >= 15 is 0 Å². The zero-order valence-electron chi connectivity index (χ0n) is 10.9. The molecule has 1 aromatic rings. The van der Waals surface area contributed by atoms with Gasteiger partial charge in [0, 0.05) is 6.42 Å². The number of rotatable bonds is 5. The maximum atomic E-state index is 12.0. The third-order valence-corrected chi connectivity index (χ3v) is 2.96. The molecule has 0 fully saturated rings. The molecular formula is C14H19NO3. The molecule has 0 unspecified atom stereocenters. The summed E-state index contributed by atoms with van der Waals surface area (Å²) in [4.78, 5) is 23.4. The average Bonchev–Trinajstić information content (AvgIpc) is 2.38. The summed E-state index contributed by atoms with van der Waals surface area (Å²) in [5, 5.41) is 12.8. The molecule has 2 N–H and O–H groups in total. The maximum Gasteiger partial charge on any atom is 0.256 e. The number of ketones is 1. The SMILES string of the molecule is CCC(=O)[C@H](C)NC(=O)[C@@](C)(O)c1ccccc1. The summed E-state index contributed by atoms with van der Waals surface area (Å²) in [6.45, 7) is 4.77. The van der Waals surface area contributed by atoms with E-state index in [1.54, 1.807) is 44.2 Å². The Labute approximate surface area is 107 Å². The molecule has 0 saturated carbocycles. The van der Waals surface area contributed by atoms with Crippen LogP contribution in [0.4, 0.5) is 0 Å². The van der Waals surface area contributed by atoms with Gasteiger partial charge in [0.15, 0.2) is 11.4 Å². The van der Waals surface area contributed by atoms with Crippen LogP contribution in [0, 0.1) is 0 Å². The first-order valence-corrected chi connectivity index (χ1v) is 6.01. The number of hydrogen-bond donors (Lipinski definition) is 2. The van der Waals surface area contributed by atoms with Crippen LogP contribution in [0.15, 0.2) is 30.3 Å². The van der Waals surface area contributed by atoms with Gasteiger partial charge in [0.1, 0.15) is 0 Å². The molecule has 0 aliphatic rings. The maximum absolute atomic E-state index is 12.0. The minimum absolute atomic E-state index is 0.0628. The van der Waals surface area contributed by atoms with E-state index in [0.29, 0.717) is 12.0 Å². The molecule has 4 nitrogen and oxygen atoms in total. The number of nitrogens with one attached hydrogen (secondary N) is 1. The highest BCUT2D eigenvalue weighted by Crippen LogP contribution is 2.20. The lowest BCUT2D eigenvalue weighted by Gasteiger charge is -2.24. The van der Waals surface area contributed by atoms with Gasteiger partial charge >= 0.3 is 0 Å². The van der Waals surface area contributed by atoms with Crippen molar-refractivity contribution in [2.24, 2.45) is 0 Å². The Balaban J connectivity index is 2.80. The van der Waals surface area contributed by atoms with E-state index in [1.165, 1.54) is 6.92 Å². The minimum Gasteiger partial charge on any atom is -0.376 e. The van der Waals surface area contributed by atoms with Crippen molar-refractivity contribution in [3.8, 4) is 0 Å². The summed E-state index contributed by atoms with van der Waals surface area (Å²) < 4.78 is 0. The molecule has 2 atom stereocenters. The number of Topliss-reactive ketones (excluding diaryl/α,β-unsaturated/α-hetero) is 1. The number of carbonyl (C=O) groups is 2. The Kier molecular flexibility index (Phi) is 4.62. The zero-order valence-corrected chi connectivity index (χ0v) is 10.9. The minimum atomic E-state index is -1.64.